The van der Waals surface area contributed by atoms with Crippen LogP contribution in [-0.2, 0) is 24.0 Å². The van der Waals surface area contributed by atoms with Crippen molar-refractivity contribution in [2.75, 3.05) is 0 Å². The molecule has 4 heterocycles. The van der Waals surface area contributed by atoms with Crippen molar-refractivity contribution in [3.05, 3.63) is 0 Å². The smallest absolute Gasteiger partial charge is 0.311 e. The van der Waals surface area contributed by atoms with Gasteiger partial charge in [0.15, 0.2) is 5.60 Å². The molecule has 0 radical (unpaired) electrons. The maximum Gasteiger partial charge on any atom is 0.311 e. The summed E-state index contributed by atoms with van der Waals surface area (Å²) in [5.41, 5.74) is -0.612. The van der Waals surface area contributed by atoms with E-state index in [1.807, 2.05) is 6.92 Å². The van der Waals surface area contributed by atoms with Crippen molar-refractivity contribution in [2.45, 2.75) is 89.8 Å². The van der Waals surface area contributed by atoms with Crippen LogP contribution >= 0.6 is 0 Å². The Hall–Kier alpha value is -0.650. The normalized spacial score (nSPS) is 50.1. The Morgan fingerprint density at radius 1 is 1.12 bits per heavy atom. The number of hydrogen-bond donors (Lipinski definition) is 0. The van der Waals surface area contributed by atoms with Crippen LogP contribution < -0.4 is 0 Å². The van der Waals surface area contributed by atoms with Gasteiger partial charge in [0.1, 0.15) is 0 Å². The topological polar surface area (TPSA) is 54.0 Å². The van der Waals surface area contributed by atoms with Crippen molar-refractivity contribution >= 4 is 5.97 Å². The molecule has 2 bridgehead atoms. The molecule has 0 amide bonds. The van der Waals surface area contributed by atoms with Crippen LogP contribution in [0, 0.1) is 23.7 Å². The van der Waals surface area contributed by atoms with Crippen LogP contribution in [0.5, 0.6) is 0 Å². The van der Waals surface area contributed by atoms with Crippen molar-refractivity contribution in [1.82, 2.24) is 0 Å². The second-order valence-corrected chi connectivity index (χ2v) is 8.23. The second-order valence-electron chi connectivity index (χ2n) is 8.23. The average Bonchev–Trinajstić information content (AvgIpc) is 2.84. The minimum absolute atomic E-state index is 0.0874. The number of unbranched alkanes of at least 4 members (excludes halogenated alkanes) is 1. The summed E-state index contributed by atoms with van der Waals surface area (Å²) in [5.74, 6) is 0.0632. The predicted molar refractivity (Wildman–Crippen MR) is 86.5 cm³/mol. The first-order valence-electron chi connectivity index (χ1n) is 9.81. The number of hydrogen-bond acceptors (Lipinski definition) is 5. The second kappa shape index (κ2) is 5.96. The van der Waals surface area contributed by atoms with Crippen molar-refractivity contribution < 1.29 is 24.0 Å². The lowest BCUT2D eigenvalue weighted by atomic mass is 9.57. The molecule has 1 aliphatic carbocycles. The number of esters is 1. The Bertz CT molecular complexity index is 508. The van der Waals surface area contributed by atoms with E-state index in [1.165, 1.54) is 0 Å². The zero-order valence-corrected chi connectivity index (χ0v) is 15.1. The van der Waals surface area contributed by atoms with Crippen LogP contribution in [0.1, 0.15) is 72.1 Å². The van der Waals surface area contributed by atoms with Gasteiger partial charge in [-0.2, -0.15) is 0 Å². The number of rotatable bonds is 4. The minimum atomic E-state index is -0.756. The fourth-order valence-corrected chi connectivity index (χ4v) is 5.59. The molecule has 4 saturated heterocycles. The van der Waals surface area contributed by atoms with E-state index < -0.39 is 17.7 Å². The lowest BCUT2D eigenvalue weighted by Gasteiger charge is -2.58. The third-order valence-corrected chi connectivity index (χ3v) is 7.06. The summed E-state index contributed by atoms with van der Waals surface area (Å²) in [4.78, 5) is 24.8. The summed E-state index contributed by atoms with van der Waals surface area (Å²) in [6.07, 6.45) is 7.03. The molecule has 5 fully saturated rings. The van der Waals surface area contributed by atoms with Crippen molar-refractivity contribution in [2.24, 2.45) is 23.7 Å². The first-order chi connectivity index (χ1) is 11.6. The van der Waals surface area contributed by atoms with E-state index >= 15 is 0 Å². The standard InChI is InChI=1S/C19H30O5/c1-4-6-7-13-15-9-8-12(3)14-10-11-18(5-2)22-17(21-16(13)20)19(14,15)24-23-18/h12-15,17H,4-11H2,1-3H3/t12-,13-,14+,15+,17-,18+,19-/m1/s1. The van der Waals surface area contributed by atoms with Crippen LogP contribution in [0.2, 0.25) is 0 Å². The van der Waals surface area contributed by atoms with E-state index in [1.54, 1.807) is 0 Å². The molecule has 7 atom stereocenters. The zero-order chi connectivity index (χ0) is 16.9. The molecule has 0 N–H and O–H groups in total. The van der Waals surface area contributed by atoms with Gasteiger partial charge < -0.3 is 9.47 Å². The maximum absolute atomic E-state index is 12.7. The van der Waals surface area contributed by atoms with E-state index in [-0.39, 0.29) is 17.8 Å². The molecule has 24 heavy (non-hydrogen) atoms. The van der Waals surface area contributed by atoms with Crippen LogP contribution in [0.15, 0.2) is 0 Å². The number of fused-ring (bicyclic) bond motifs is 2. The van der Waals surface area contributed by atoms with Crippen molar-refractivity contribution in [1.29, 1.82) is 0 Å². The van der Waals surface area contributed by atoms with Gasteiger partial charge in [-0.05, 0) is 31.6 Å². The summed E-state index contributed by atoms with van der Waals surface area (Å²) in [5, 5.41) is 0. The molecule has 0 aromatic rings. The number of carbonyl (C=O) groups excluding carboxylic acids is 1. The Morgan fingerprint density at radius 3 is 2.71 bits per heavy atom. The van der Waals surface area contributed by atoms with Crippen molar-refractivity contribution in [3.63, 3.8) is 0 Å². The molecule has 0 unspecified atom stereocenters. The van der Waals surface area contributed by atoms with Gasteiger partial charge in [0.2, 0.25) is 12.1 Å². The minimum Gasteiger partial charge on any atom is -0.432 e. The molecular weight excluding hydrogens is 308 g/mol. The first-order valence-corrected chi connectivity index (χ1v) is 9.81. The zero-order valence-electron chi connectivity index (χ0n) is 15.1. The van der Waals surface area contributed by atoms with E-state index in [0.717, 1.165) is 44.9 Å². The highest BCUT2D eigenvalue weighted by Gasteiger charge is 2.70. The summed E-state index contributed by atoms with van der Waals surface area (Å²) < 4.78 is 12.1. The molecule has 1 saturated carbocycles. The molecular formula is C19H30O5. The number of ether oxygens (including phenoxy) is 2. The fourth-order valence-electron chi connectivity index (χ4n) is 5.59. The van der Waals surface area contributed by atoms with Gasteiger partial charge in [-0.1, -0.05) is 33.6 Å². The third-order valence-electron chi connectivity index (χ3n) is 7.06. The van der Waals surface area contributed by atoms with Gasteiger partial charge in [0, 0.05) is 24.7 Å². The van der Waals surface area contributed by atoms with Gasteiger partial charge in [-0.3, -0.25) is 4.79 Å². The van der Waals surface area contributed by atoms with E-state index in [9.17, 15) is 4.79 Å². The van der Waals surface area contributed by atoms with Crippen molar-refractivity contribution in [3.8, 4) is 0 Å². The van der Waals surface area contributed by atoms with E-state index in [0.29, 0.717) is 18.3 Å². The summed E-state index contributed by atoms with van der Waals surface area (Å²) in [6.45, 7) is 6.49. The molecule has 5 aliphatic rings. The Kier molecular flexibility index (Phi) is 4.17. The highest BCUT2D eigenvalue weighted by atomic mass is 17.3. The Morgan fingerprint density at radius 2 is 1.96 bits per heavy atom. The average molecular weight is 338 g/mol. The summed E-state index contributed by atoms with van der Waals surface area (Å²) in [7, 11) is 0. The third kappa shape index (κ3) is 2.20. The Balaban J connectivity index is 1.74. The molecule has 136 valence electrons. The maximum atomic E-state index is 12.7. The lowest BCUT2D eigenvalue weighted by Crippen LogP contribution is -2.70. The molecule has 4 aliphatic heterocycles. The lowest BCUT2D eigenvalue weighted by molar-refractivity contribution is -0.563. The Labute approximate surface area is 144 Å². The molecule has 0 aromatic carbocycles. The SMILES string of the molecule is CCCC[C@H]1C(=O)O[C@@H]2O[C@]3(CC)CC[C@H]4[C@H](C)CC[C@@H]1[C@@]24OO3. The van der Waals surface area contributed by atoms with Crippen LogP contribution in [0.4, 0.5) is 0 Å². The summed E-state index contributed by atoms with van der Waals surface area (Å²) in [6, 6.07) is 0. The highest BCUT2D eigenvalue weighted by Crippen LogP contribution is 2.60. The number of carbonyl (C=O) groups is 1. The molecule has 1 spiro atoms. The molecule has 5 heteroatoms. The van der Waals surface area contributed by atoms with E-state index in [2.05, 4.69) is 13.8 Å². The van der Waals surface area contributed by atoms with Gasteiger partial charge in [-0.15, -0.1) is 0 Å². The quantitative estimate of drug-likeness (QED) is 0.574. The molecule has 0 aromatic heterocycles. The van der Waals surface area contributed by atoms with E-state index in [4.69, 9.17) is 19.2 Å². The predicted octanol–water partition coefficient (Wildman–Crippen LogP) is 3.96. The largest absolute Gasteiger partial charge is 0.432 e. The van der Waals surface area contributed by atoms with Crippen LogP contribution in [0.3, 0.4) is 0 Å². The highest BCUT2D eigenvalue weighted by molar-refractivity contribution is 5.74. The molecule has 5 rings (SSSR count). The fraction of sp³-hybridized carbons (Fsp3) is 0.947. The van der Waals surface area contributed by atoms with Gasteiger partial charge in [0.05, 0.1) is 5.92 Å². The van der Waals surface area contributed by atoms with Crippen LogP contribution in [0.25, 0.3) is 0 Å². The van der Waals surface area contributed by atoms with Crippen LogP contribution in [-0.4, -0.2) is 23.6 Å². The first kappa shape index (κ1) is 16.8. The van der Waals surface area contributed by atoms with Gasteiger partial charge in [-0.25, -0.2) is 9.78 Å². The van der Waals surface area contributed by atoms with Gasteiger partial charge in [0.25, 0.3) is 0 Å². The summed E-state index contributed by atoms with van der Waals surface area (Å²) >= 11 is 0. The van der Waals surface area contributed by atoms with Gasteiger partial charge >= 0.3 is 5.97 Å². The molecule has 5 nitrogen and oxygen atoms in total. The monoisotopic (exact) mass is 338 g/mol.